The van der Waals surface area contributed by atoms with E-state index in [9.17, 15) is 9.90 Å². The second-order valence-electron chi connectivity index (χ2n) is 14.4. The van der Waals surface area contributed by atoms with Crippen molar-refractivity contribution in [2.75, 3.05) is 19.8 Å². The largest absolute Gasteiger partial charge is 0.457 e. The maximum Gasteiger partial charge on any atom is 0.306 e. The van der Waals surface area contributed by atoms with Gasteiger partial charge >= 0.3 is 5.97 Å². The molecule has 0 fully saturated rings. The van der Waals surface area contributed by atoms with Crippen molar-refractivity contribution < 1.29 is 19.4 Å². The van der Waals surface area contributed by atoms with E-state index in [0.717, 1.165) is 19.3 Å². The summed E-state index contributed by atoms with van der Waals surface area (Å²) in [4.78, 5) is 12.2. The molecule has 0 amide bonds. The van der Waals surface area contributed by atoms with Crippen LogP contribution in [0.25, 0.3) is 0 Å². The highest BCUT2D eigenvalue weighted by atomic mass is 16.6. The quantitative estimate of drug-likeness (QED) is 0.0402. The predicted molar refractivity (Wildman–Crippen MR) is 205 cm³/mol. The lowest BCUT2D eigenvalue weighted by Crippen LogP contribution is -2.27. The first-order valence-corrected chi connectivity index (χ1v) is 21.3. The van der Waals surface area contributed by atoms with Crippen LogP contribution >= 0.6 is 0 Å². The average Bonchev–Trinajstić information content (AvgIpc) is 3.08. The highest BCUT2D eigenvalue weighted by Gasteiger charge is 2.13. The molecule has 0 aliphatic heterocycles. The molecule has 1 unspecified atom stereocenters. The van der Waals surface area contributed by atoms with Crippen molar-refractivity contribution >= 4 is 5.97 Å². The molecule has 0 saturated carbocycles. The van der Waals surface area contributed by atoms with E-state index < -0.39 is 6.10 Å². The Labute approximate surface area is 295 Å². The number of unbranched alkanes of at least 4 members (excludes halogenated alkanes) is 30. The summed E-state index contributed by atoms with van der Waals surface area (Å²) in [6.07, 6.45) is 48.4. The highest BCUT2D eigenvalue weighted by Crippen LogP contribution is 2.15. The molecule has 0 aliphatic rings. The van der Waals surface area contributed by atoms with Crippen LogP contribution in [-0.4, -0.2) is 37.0 Å². The zero-order valence-electron chi connectivity index (χ0n) is 32.1. The lowest BCUT2D eigenvalue weighted by atomic mass is 10.0. The van der Waals surface area contributed by atoms with Gasteiger partial charge in [-0.05, 0) is 38.5 Å². The topological polar surface area (TPSA) is 55.8 Å². The van der Waals surface area contributed by atoms with Gasteiger partial charge in [-0.25, -0.2) is 0 Å². The fraction of sp³-hybridized carbons (Fsp3) is 0.930. The number of aliphatic hydroxyl groups is 1. The van der Waals surface area contributed by atoms with Crippen molar-refractivity contribution in [3.8, 4) is 0 Å². The minimum atomic E-state index is -0.532. The fourth-order valence-corrected chi connectivity index (χ4v) is 6.38. The van der Waals surface area contributed by atoms with Gasteiger partial charge in [0.25, 0.3) is 0 Å². The zero-order valence-corrected chi connectivity index (χ0v) is 32.1. The number of carbonyl (C=O) groups excluding carboxylic acids is 1. The second kappa shape index (κ2) is 41.3. The molecule has 0 aromatic rings. The van der Waals surface area contributed by atoms with Crippen LogP contribution in [0.1, 0.15) is 232 Å². The van der Waals surface area contributed by atoms with Crippen molar-refractivity contribution in [2.45, 2.75) is 238 Å². The summed E-state index contributed by atoms with van der Waals surface area (Å²) in [5, 5.41) is 9.59. The van der Waals surface area contributed by atoms with Crippen molar-refractivity contribution in [3.63, 3.8) is 0 Å². The number of hydrogen-bond donors (Lipinski definition) is 1. The van der Waals surface area contributed by atoms with Gasteiger partial charge in [-0.1, -0.05) is 199 Å². The number of hydrogen-bond acceptors (Lipinski definition) is 4. The summed E-state index contributed by atoms with van der Waals surface area (Å²) in [5.41, 5.74) is 0. The van der Waals surface area contributed by atoms with Gasteiger partial charge in [0.05, 0.1) is 13.2 Å². The van der Waals surface area contributed by atoms with Crippen molar-refractivity contribution in [1.29, 1.82) is 0 Å². The molecule has 0 bridgehead atoms. The third-order valence-corrected chi connectivity index (χ3v) is 9.59. The van der Waals surface area contributed by atoms with Gasteiger partial charge in [0.2, 0.25) is 0 Å². The van der Waals surface area contributed by atoms with Gasteiger partial charge in [-0.2, -0.15) is 0 Å². The molecule has 0 spiro atoms. The number of allylic oxidation sites excluding steroid dienone is 2. The summed E-state index contributed by atoms with van der Waals surface area (Å²) in [6, 6.07) is 0. The van der Waals surface area contributed by atoms with Crippen molar-refractivity contribution in [2.24, 2.45) is 0 Å². The molecule has 4 nitrogen and oxygen atoms in total. The maximum absolute atomic E-state index is 12.2. The van der Waals surface area contributed by atoms with Gasteiger partial charge in [0.1, 0.15) is 6.10 Å². The molecule has 1 atom stereocenters. The molecule has 0 aliphatic carbocycles. The Morgan fingerprint density at radius 1 is 0.489 bits per heavy atom. The van der Waals surface area contributed by atoms with Crippen LogP contribution in [0.3, 0.4) is 0 Å². The number of aliphatic hydroxyl groups excluding tert-OH is 1. The monoisotopic (exact) mass is 665 g/mol. The minimum Gasteiger partial charge on any atom is -0.457 e. The number of carbonyl (C=O) groups is 1. The van der Waals surface area contributed by atoms with E-state index in [4.69, 9.17) is 9.47 Å². The molecule has 1 N–H and O–H groups in total. The molecular formula is C43H84O4. The molecule has 0 saturated heterocycles. The van der Waals surface area contributed by atoms with E-state index in [-0.39, 0.29) is 12.6 Å². The van der Waals surface area contributed by atoms with Crippen molar-refractivity contribution in [1.82, 2.24) is 0 Å². The van der Waals surface area contributed by atoms with Crippen LogP contribution in [0, 0.1) is 0 Å². The number of ether oxygens (including phenoxy) is 2. The van der Waals surface area contributed by atoms with Crippen LogP contribution in [-0.2, 0) is 14.3 Å². The zero-order chi connectivity index (χ0) is 34.1. The molecule has 280 valence electrons. The van der Waals surface area contributed by atoms with E-state index in [1.54, 1.807) is 0 Å². The van der Waals surface area contributed by atoms with Gasteiger partial charge in [0, 0.05) is 13.0 Å². The van der Waals surface area contributed by atoms with Crippen LogP contribution in [0.15, 0.2) is 12.2 Å². The van der Waals surface area contributed by atoms with Crippen LogP contribution in [0.5, 0.6) is 0 Å². The first-order chi connectivity index (χ1) is 23.2. The lowest BCUT2D eigenvalue weighted by Gasteiger charge is -2.15. The van der Waals surface area contributed by atoms with Gasteiger partial charge < -0.3 is 14.6 Å². The van der Waals surface area contributed by atoms with Gasteiger partial charge in [-0.15, -0.1) is 0 Å². The Bertz CT molecular complexity index is 619. The van der Waals surface area contributed by atoms with E-state index in [1.807, 2.05) is 0 Å². The van der Waals surface area contributed by atoms with E-state index in [2.05, 4.69) is 26.0 Å². The molecule has 0 rings (SSSR count). The first-order valence-electron chi connectivity index (χ1n) is 21.3. The highest BCUT2D eigenvalue weighted by molar-refractivity contribution is 5.69. The van der Waals surface area contributed by atoms with Gasteiger partial charge in [0.15, 0.2) is 0 Å². The molecule has 47 heavy (non-hydrogen) atoms. The molecule has 0 heterocycles. The maximum atomic E-state index is 12.2. The normalized spacial score (nSPS) is 12.3. The molecule has 4 heteroatoms. The summed E-state index contributed by atoms with van der Waals surface area (Å²) < 4.78 is 11.2. The number of esters is 1. The Morgan fingerprint density at radius 3 is 1.21 bits per heavy atom. The van der Waals surface area contributed by atoms with Crippen LogP contribution in [0.2, 0.25) is 0 Å². The SMILES string of the molecule is CCCCCCCC/C=C\CCCCCCCC(=O)OC(CO)COCCCCCCCCCCCCCCCCCCCCCC. The Hall–Kier alpha value is -0.870. The minimum absolute atomic E-state index is 0.169. The predicted octanol–water partition coefficient (Wildman–Crippen LogP) is 13.8. The van der Waals surface area contributed by atoms with E-state index in [0.29, 0.717) is 19.6 Å². The Morgan fingerprint density at radius 2 is 0.830 bits per heavy atom. The second-order valence-corrected chi connectivity index (χ2v) is 14.4. The third kappa shape index (κ3) is 39.5. The molecule has 0 aromatic heterocycles. The van der Waals surface area contributed by atoms with Gasteiger partial charge in [-0.3, -0.25) is 4.79 Å². The fourth-order valence-electron chi connectivity index (χ4n) is 6.38. The number of rotatable bonds is 40. The van der Waals surface area contributed by atoms with Crippen molar-refractivity contribution in [3.05, 3.63) is 12.2 Å². The molecule has 0 aromatic carbocycles. The van der Waals surface area contributed by atoms with E-state index >= 15 is 0 Å². The summed E-state index contributed by atoms with van der Waals surface area (Å²) >= 11 is 0. The lowest BCUT2D eigenvalue weighted by molar-refractivity contribution is -0.154. The first kappa shape index (κ1) is 46.1. The van der Waals surface area contributed by atoms with Crippen LogP contribution in [0.4, 0.5) is 0 Å². The summed E-state index contributed by atoms with van der Waals surface area (Å²) in [7, 11) is 0. The summed E-state index contributed by atoms with van der Waals surface area (Å²) in [6.45, 7) is 5.37. The Kier molecular flexibility index (Phi) is 40.5. The average molecular weight is 665 g/mol. The smallest absolute Gasteiger partial charge is 0.306 e. The Balaban J connectivity index is 3.37. The third-order valence-electron chi connectivity index (χ3n) is 9.59. The van der Waals surface area contributed by atoms with E-state index in [1.165, 1.54) is 193 Å². The summed E-state index contributed by atoms with van der Waals surface area (Å²) in [5.74, 6) is -0.205. The molecule has 0 radical (unpaired) electrons. The van der Waals surface area contributed by atoms with Crippen LogP contribution < -0.4 is 0 Å². The molecular weight excluding hydrogens is 580 g/mol. The standard InChI is InChI=1S/C43H84O4/c1-3-5-7-9-11-13-15-17-19-20-21-22-23-25-27-29-31-33-35-37-39-46-41-42(40-44)47-43(45)38-36-34-32-30-28-26-24-18-16-14-12-10-8-6-4-2/h18,24,42,44H,3-17,19-23,25-41H2,1-2H3/b24-18-.